The zero-order valence-corrected chi connectivity index (χ0v) is 14.1. The Balaban J connectivity index is 1.48. The van der Waals surface area contributed by atoms with Gasteiger partial charge in [-0.15, -0.1) is 0 Å². The fourth-order valence-corrected chi connectivity index (χ4v) is 3.02. The van der Waals surface area contributed by atoms with Crippen molar-refractivity contribution in [3.05, 3.63) is 65.4 Å². The zero-order valence-electron chi connectivity index (χ0n) is 14.1. The lowest BCUT2D eigenvalue weighted by Crippen LogP contribution is -2.43. The Morgan fingerprint density at radius 1 is 1.21 bits per heavy atom. The van der Waals surface area contributed by atoms with Gasteiger partial charge in [-0.1, -0.05) is 37.3 Å². The van der Waals surface area contributed by atoms with Crippen molar-refractivity contribution in [2.45, 2.75) is 38.6 Å². The maximum Gasteiger partial charge on any atom is 0.319 e. The molecule has 1 unspecified atom stereocenters. The average Bonchev–Trinajstić information content (AvgIpc) is 2.85. The first-order valence-corrected chi connectivity index (χ1v) is 8.71. The van der Waals surface area contributed by atoms with Gasteiger partial charge in [0.1, 0.15) is 0 Å². The molecule has 1 atom stereocenters. The van der Waals surface area contributed by atoms with Gasteiger partial charge in [0.15, 0.2) is 0 Å². The van der Waals surface area contributed by atoms with Gasteiger partial charge in [0, 0.05) is 24.0 Å². The third-order valence-corrected chi connectivity index (χ3v) is 4.47. The molecular weight excluding hydrogens is 298 g/mol. The summed E-state index contributed by atoms with van der Waals surface area (Å²) in [4.78, 5) is 12.1. The fourth-order valence-electron chi connectivity index (χ4n) is 3.02. The molecule has 3 rings (SSSR count). The second-order valence-corrected chi connectivity index (χ2v) is 6.24. The van der Waals surface area contributed by atoms with Crippen molar-refractivity contribution < 1.29 is 4.79 Å². The number of carbonyl (C=O) groups is 1. The van der Waals surface area contributed by atoms with E-state index in [2.05, 4.69) is 47.2 Å². The number of nitrogens with one attached hydrogen (secondary N) is 3. The van der Waals surface area contributed by atoms with E-state index in [1.54, 1.807) is 0 Å². The van der Waals surface area contributed by atoms with Gasteiger partial charge in [-0.2, -0.15) is 0 Å². The highest BCUT2D eigenvalue weighted by Gasteiger charge is 2.18. The summed E-state index contributed by atoms with van der Waals surface area (Å²) in [5.74, 6) is 0. The van der Waals surface area contributed by atoms with Gasteiger partial charge < -0.3 is 16.0 Å². The van der Waals surface area contributed by atoms with Crippen molar-refractivity contribution >= 4 is 11.7 Å². The van der Waals surface area contributed by atoms with E-state index in [1.165, 1.54) is 16.8 Å². The standard InChI is InChI=1S/C20H25N3O/c1-2-15-8-11-17(12-9-15)23-20(24)21-14-18-13-10-16-6-4-3-5-7-19(16)22-18/h4-9,11-12,18,22H,2-3,10,13-14H2,1H3,(H2,21,23,24). The van der Waals surface area contributed by atoms with Crippen LogP contribution in [-0.4, -0.2) is 18.6 Å². The number of hydrogen-bond donors (Lipinski definition) is 3. The molecule has 0 bridgehead atoms. The van der Waals surface area contributed by atoms with Crippen molar-refractivity contribution in [1.29, 1.82) is 0 Å². The summed E-state index contributed by atoms with van der Waals surface area (Å²) < 4.78 is 0. The molecule has 0 radical (unpaired) electrons. The van der Waals surface area contributed by atoms with E-state index >= 15 is 0 Å². The predicted molar refractivity (Wildman–Crippen MR) is 98.9 cm³/mol. The van der Waals surface area contributed by atoms with E-state index in [0.717, 1.165) is 31.4 Å². The van der Waals surface area contributed by atoms with Crippen LogP contribution in [0.1, 0.15) is 31.7 Å². The molecule has 3 N–H and O–H groups in total. The minimum absolute atomic E-state index is 0.155. The molecule has 0 aromatic heterocycles. The number of hydrogen-bond acceptors (Lipinski definition) is 2. The second-order valence-electron chi connectivity index (χ2n) is 6.24. The summed E-state index contributed by atoms with van der Waals surface area (Å²) >= 11 is 0. The minimum Gasteiger partial charge on any atom is -0.380 e. The van der Waals surface area contributed by atoms with E-state index in [0.29, 0.717) is 6.54 Å². The van der Waals surface area contributed by atoms with Crippen molar-refractivity contribution in [2.75, 3.05) is 11.9 Å². The molecule has 24 heavy (non-hydrogen) atoms. The lowest BCUT2D eigenvalue weighted by molar-refractivity contribution is 0.250. The molecule has 2 aliphatic rings. The van der Waals surface area contributed by atoms with Crippen molar-refractivity contribution in [3.8, 4) is 0 Å². The van der Waals surface area contributed by atoms with E-state index in [1.807, 2.05) is 24.3 Å². The highest BCUT2D eigenvalue weighted by molar-refractivity contribution is 5.89. The highest BCUT2D eigenvalue weighted by atomic mass is 16.2. The largest absolute Gasteiger partial charge is 0.380 e. The minimum atomic E-state index is -0.155. The molecular formula is C20H25N3O. The summed E-state index contributed by atoms with van der Waals surface area (Å²) in [6, 6.07) is 8.08. The fraction of sp³-hybridized carbons (Fsp3) is 0.350. The Bertz CT molecular complexity index is 671. The summed E-state index contributed by atoms with van der Waals surface area (Å²) in [6.45, 7) is 2.74. The summed E-state index contributed by atoms with van der Waals surface area (Å²) in [6.07, 6.45) is 12.8. The third kappa shape index (κ3) is 4.28. The molecule has 1 aliphatic carbocycles. The summed E-state index contributed by atoms with van der Waals surface area (Å²) in [5.41, 5.74) is 4.64. The molecule has 4 heteroatoms. The molecule has 1 aromatic carbocycles. The lowest BCUT2D eigenvalue weighted by Gasteiger charge is -2.27. The van der Waals surface area contributed by atoms with Gasteiger partial charge in [-0.25, -0.2) is 4.79 Å². The molecule has 0 fully saturated rings. The van der Waals surface area contributed by atoms with E-state index < -0.39 is 0 Å². The SMILES string of the molecule is CCc1ccc(NC(=O)NCC2CCC3=C(C=CCC=C3)N2)cc1. The number of urea groups is 1. The van der Waals surface area contributed by atoms with Crippen LogP contribution in [0.15, 0.2) is 59.8 Å². The van der Waals surface area contributed by atoms with Crippen molar-refractivity contribution in [3.63, 3.8) is 0 Å². The van der Waals surface area contributed by atoms with Gasteiger partial charge in [0.2, 0.25) is 0 Å². The smallest absolute Gasteiger partial charge is 0.319 e. The molecule has 1 aromatic rings. The van der Waals surface area contributed by atoms with E-state index in [-0.39, 0.29) is 12.1 Å². The van der Waals surface area contributed by atoms with Gasteiger partial charge in [-0.3, -0.25) is 0 Å². The van der Waals surface area contributed by atoms with Crippen molar-refractivity contribution in [2.24, 2.45) is 0 Å². The molecule has 1 heterocycles. The summed E-state index contributed by atoms with van der Waals surface area (Å²) in [5, 5.41) is 9.38. The van der Waals surface area contributed by atoms with E-state index in [4.69, 9.17) is 0 Å². The number of benzene rings is 1. The van der Waals surface area contributed by atoms with Gasteiger partial charge in [-0.05, 0) is 55.0 Å². The third-order valence-electron chi connectivity index (χ3n) is 4.47. The molecule has 0 saturated carbocycles. The Hall–Kier alpha value is -2.49. The first-order chi connectivity index (χ1) is 11.7. The van der Waals surface area contributed by atoms with Gasteiger partial charge in [0.25, 0.3) is 0 Å². The Morgan fingerprint density at radius 3 is 2.79 bits per heavy atom. The number of aryl methyl sites for hydroxylation is 1. The first-order valence-electron chi connectivity index (χ1n) is 8.71. The van der Waals surface area contributed by atoms with E-state index in [9.17, 15) is 4.79 Å². The normalized spacial score (nSPS) is 19.3. The predicted octanol–water partition coefficient (Wildman–Crippen LogP) is 3.89. The van der Waals surface area contributed by atoms with Crippen LogP contribution in [0.2, 0.25) is 0 Å². The van der Waals surface area contributed by atoms with Gasteiger partial charge >= 0.3 is 6.03 Å². The topological polar surface area (TPSA) is 53.2 Å². The second kappa shape index (κ2) is 7.86. The number of carbonyl (C=O) groups excluding carboxylic acids is 1. The average molecular weight is 323 g/mol. The molecule has 126 valence electrons. The van der Waals surface area contributed by atoms with Crippen LogP contribution in [0.4, 0.5) is 10.5 Å². The van der Waals surface area contributed by atoms with Gasteiger partial charge in [0.05, 0.1) is 0 Å². The summed E-state index contributed by atoms with van der Waals surface area (Å²) in [7, 11) is 0. The molecule has 4 nitrogen and oxygen atoms in total. The molecule has 2 amide bonds. The number of allylic oxidation sites excluding steroid dienone is 5. The van der Waals surface area contributed by atoms with Crippen molar-refractivity contribution in [1.82, 2.24) is 10.6 Å². The van der Waals surface area contributed by atoms with Crippen LogP contribution in [0.25, 0.3) is 0 Å². The maximum atomic E-state index is 12.1. The van der Waals surface area contributed by atoms with Crippen LogP contribution in [-0.2, 0) is 6.42 Å². The molecule has 0 saturated heterocycles. The monoisotopic (exact) mass is 323 g/mol. The first kappa shape index (κ1) is 16.4. The Kier molecular flexibility index (Phi) is 5.36. The Labute approximate surface area is 143 Å². The van der Waals surface area contributed by atoms with Crippen LogP contribution in [0, 0.1) is 0 Å². The zero-order chi connectivity index (χ0) is 16.8. The van der Waals surface area contributed by atoms with Crippen LogP contribution in [0.3, 0.4) is 0 Å². The quantitative estimate of drug-likeness (QED) is 0.787. The van der Waals surface area contributed by atoms with Crippen LogP contribution in [0.5, 0.6) is 0 Å². The maximum absolute atomic E-state index is 12.1. The van der Waals surface area contributed by atoms with Crippen LogP contribution >= 0.6 is 0 Å². The highest BCUT2D eigenvalue weighted by Crippen LogP contribution is 2.22. The number of amides is 2. The number of rotatable bonds is 4. The lowest BCUT2D eigenvalue weighted by atomic mass is 9.98. The molecule has 1 aliphatic heterocycles. The molecule has 0 spiro atoms. The van der Waals surface area contributed by atoms with Crippen LogP contribution < -0.4 is 16.0 Å². The Morgan fingerprint density at radius 2 is 2.00 bits per heavy atom. The number of anilines is 1.